The molecule has 34 heavy (non-hydrogen) atoms. The zero-order valence-electron chi connectivity index (χ0n) is 20.3. The van der Waals surface area contributed by atoms with Crippen LogP contribution in [0, 0.1) is 0 Å². The molecule has 0 amide bonds. The molecule has 0 saturated carbocycles. The first kappa shape index (κ1) is 26.8. The lowest BCUT2D eigenvalue weighted by Gasteiger charge is -2.44. The van der Waals surface area contributed by atoms with Gasteiger partial charge in [0.25, 0.3) is 0 Å². The number of hydrogen-bond acceptors (Lipinski definition) is 8. The zero-order valence-corrected chi connectivity index (χ0v) is 21.2. The molecule has 7 nitrogen and oxygen atoms in total. The van der Waals surface area contributed by atoms with Crippen LogP contribution in [0.15, 0.2) is 48.5 Å². The van der Waals surface area contributed by atoms with Gasteiger partial charge in [0.15, 0.2) is 0 Å². The average molecular weight is 493 g/mol. The molecule has 0 N–H and O–H groups in total. The summed E-state index contributed by atoms with van der Waals surface area (Å²) in [4.78, 5) is 0. The first-order valence-electron chi connectivity index (χ1n) is 11.6. The van der Waals surface area contributed by atoms with E-state index in [9.17, 15) is 0 Å². The standard InChI is InChI=1S/C26H36O7S/c1-5-30-23-22(17-29-15-18-7-11-20(27-3)12-8-18)33-26(34)25(24(23)31-6-2)32-16-19-9-13-21(28-4)14-10-19/h7-14,22-26,34H,5-6,15-17H2,1-4H3/t22-,23+,24+,25-,26+/m1/s1. The number of ether oxygens (including phenoxy) is 7. The minimum absolute atomic E-state index is 0.335. The fourth-order valence-electron chi connectivity index (χ4n) is 3.91. The molecule has 2 aromatic carbocycles. The van der Waals surface area contributed by atoms with Gasteiger partial charge in [0.2, 0.25) is 0 Å². The van der Waals surface area contributed by atoms with Crippen LogP contribution in [0.25, 0.3) is 0 Å². The van der Waals surface area contributed by atoms with Crippen molar-refractivity contribution in [1.29, 1.82) is 0 Å². The van der Waals surface area contributed by atoms with Crippen LogP contribution in [-0.2, 0) is 36.9 Å². The predicted molar refractivity (Wildman–Crippen MR) is 133 cm³/mol. The Morgan fingerprint density at radius 3 is 1.76 bits per heavy atom. The third-order valence-electron chi connectivity index (χ3n) is 5.64. The van der Waals surface area contributed by atoms with Crippen molar-refractivity contribution in [1.82, 2.24) is 0 Å². The van der Waals surface area contributed by atoms with Gasteiger partial charge >= 0.3 is 0 Å². The molecule has 1 saturated heterocycles. The summed E-state index contributed by atoms with van der Waals surface area (Å²) in [5.74, 6) is 1.62. The second kappa shape index (κ2) is 13.9. The molecule has 1 fully saturated rings. The minimum Gasteiger partial charge on any atom is -0.497 e. The molecule has 0 aliphatic carbocycles. The fourth-order valence-corrected chi connectivity index (χ4v) is 4.32. The molecule has 0 spiro atoms. The number of thiol groups is 1. The van der Waals surface area contributed by atoms with Gasteiger partial charge in [0.05, 0.1) is 34.0 Å². The molecule has 0 bridgehead atoms. The Balaban J connectivity index is 1.63. The maximum absolute atomic E-state index is 6.24. The lowest BCUT2D eigenvalue weighted by molar-refractivity contribution is -0.247. The number of hydrogen-bond donors (Lipinski definition) is 1. The minimum atomic E-state index is -0.485. The van der Waals surface area contributed by atoms with Crippen molar-refractivity contribution >= 4 is 12.6 Å². The Morgan fingerprint density at radius 1 is 0.706 bits per heavy atom. The van der Waals surface area contributed by atoms with Crippen LogP contribution in [-0.4, -0.2) is 63.9 Å². The van der Waals surface area contributed by atoms with Crippen LogP contribution in [0.3, 0.4) is 0 Å². The quantitative estimate of drug-likeness (QED) is 0.419. The molecule has 0 radical (unpaired) electrons. The topological polar surface area (TPSA) is 64.6 Å². The van der Waals surface area contributed by atoms with Crippen LogP contribution in [0.2, 0.25) is 0 Å². The lowest BCUT2D eigenvalue weighted by Crippen LogP contribution is -2.60. The van der Waals surface area contributed by atoms with E-state index in [0.29, 0.717) is 33.0 Å². The van der Waals surface area contributed by atoms with E-state index < -0.39 is 11.5 Å². The van der Waals surface area contributed by atoms with Gasteiger partial charge in [-0.1, -0.05) is 24.3 Å². The summed E-state index contributed by atoms with van der Waals surface area (Å²) in [6.45, 7) is 6.17. The van der Waals surface area contributed by atoms with E-state index in [1.807, 2.05) is 62.4 Å². The Kier molecular flexibility index (Phi) is 11.0. The van der Waals surface area contributed by atoms with Gasteiger partial charge in [-0.15, -0.1) is 12.6 Å². The number of benzene rings is 2. The highest BCUT2D eigenvalue weighted by molar-refractivity contribution is 7.80. The maximum Gasteiger partial charge on any atom is 0.129 e. The van der Waals surface area contributed by atoms with Gasteiger partial charge in [-0.3, -0.25) is 0 Å². The van der Waals surface area contributed by atoms with Crippen molar-refractivity contribution in [3.63, 3.8) is 0 Å². The highest BCUT2D eigenvalue weighted by Crippen LogP contribution is 2.31. The molecular formula is C26H36O7S. The van der Waals surface area contributed by atoms with Gasteiger partial charge < -0.3 is 33.2 Å². The second-order valence-electron chi connectivity index (χ2n) is 7.89. The molecule has 188 valence electrons. The third kappa shape index (κ3) is 7.34. The molecule has 8 heteroatoms. The molecule has 5 atom stereocenters. The highest BCUT2D eigenvalue weighted by Gasteiger charge is 2.46. The number of methoxy groups -OCH3 is 2. The van der Waals surface area contributed by atoms with Gasteiger partial charge in [-0.2, -0.15) is 0 Å². The summed E-state index contributed by atoms with van der Waals surface area (Å²) < 4.78 is 41.1. The third-order valence-corrected chi connectivity index (χ3v) is 6.05. The van der Waals surface area contributed by atoms with Gasteiger partial charge in [0.1, 0.15) is 41.4 Å². The van der Waals surface area contributed by atoms with E-state index in [1.54, 1.807) is 14.2 Å². The summed E-state index contributed by atoms with van der Waals surface area (Å²) in [6, 6.07) is 15.6. The summed E-state index contributed by atoms with van der Waals surface area (Å²) in [6.07, 6.45) is -1.42. The van der Waals surface area contributed by atoms with E-state index in [4.69, 9.17) is 45.8 Å². The fraction of sp³-hybridized carbons (Fsp3) is 0.538. The molecule has 0 aromatic heterocycles. The molecule has 1 aliphatic rings. The van der Waals surface area contributed by atoms with Crippen molar-refractivity contribution in [2.24, 2.45) is 0 Å². The normalized spacial score (nSPS) is 24.7. The molecule has 1 heterocycles. The Morgan fingerprint density at radius 2 is 1.24 bits per heavy atom. The summed E-state index contributed by atoms with van der Waals surface area (Å²) in [7, 11) is 3.30. The first-order chi connectivity index (χ1) is 16.6. The second-order valence-corrected chi connectivity index (χ2v) is 8.40. The van der Waals surface area contributed by atoms with E-state index in [-0.39, 0.29) is 18.3 Å². The van der Waals surface area contributed by atoms with Gasteiger partial charge in [-0.05, 0) is 49.2 Å². The average Bonchev–Trinajstić information content (AvgIpc) is 2.86. The SMILES string of the molecule is CCO[C@@H]1[C@@H](OCc2ccc(OC)cc2)[C@H](S)O[C@H](COCc2ccc(OC)cc2)[C@@H]1OCC. The molecule has 0 unspecified atom stereocenters. The summed E-state index contributed by atoms with van der Waals surface area (Å²) in [5, 5.41) is 0. The summed E-state index contributed by atoms with van der Waals surface area (Å²) >= 11 is 4.70. The molecule has 2 aromatic rings. The smallest absolute Gasteiger partial charge is 0.129 e. The van der Waals surface area contributed by atoms with Crippen molar-refractivity contribution in [3.05, 3.63) is 59.7 Å². The highest BCUT2D eigenvalue weighted by atomic mass is 32.1. The van der Waals surface area contributed by atoms with Crippen molar-refractivity contribution in [2.45, 2.75) is 56.9 Å². The summed E-state index contributed by atoms with van der Waals surface area (Å²) in [5.41, 5.74) is 1.59. The number of rotatable bonds is 13. The molecule has 1 aliphatic heterocycles. The largest absolute Gasteiger partial charge is 0.497 e. The van der Waals surface area contributed by atoms with E-state index in [0.717, 1.165) is 22.6 Å². The van der Waals surface area contributed by atoms with Crippen molar-refractivity contribution in [2.75, 3.05) is 34.0 Å². The van der Waals surface area contributed by atoms with Crippen LogP contribution in [0.5, 0.6) is 11.5 Å². The van der Waals surface area contributed by atoms with Crippen molar-refractivity contribution < 1.29 is 33.2 Å². The Hall–Kier alpha value is -1.81. The van der Waals surface area contributed by atoms with Gasteiger partial charge in [-0.25, -0.2) is 0 Å². The Labute approximate surface area is 208 Å². The van der Waals surface area contributed by atoms with Crippen LogP contribution in [0.4, 0.5) is 0 Å². The first-order valence-corrected chi connectivity index (χ1v) is 12.1. The maximum atomic E-state index is 6.24. The Bertz CT molecular complexity index is 830. The molecular weight excluding hydrogens is 456 g/mol. The van der Waals surface area contributed by atoms with Crippen molar-refractivity contribution in [3.8, 4) is 11.5 Å². The lowest BCUT2D eigenvalue weighted by atomic mass is 9.99. The predicted octanol–water partition coefficient (Wildman–Crippen LogP) is 4.27. The monoisotopic (exact) mass is 492 g/mol. The zero-order chi connectivity index (χ0) is 24.3. The van der Waals surface area contributed by atoms with E-state index in [1.165, 1.54) is 0 Å². The van der Waals surface area contributed by atoms with Gasteiger partial charge in [0, 0.05) is 13.2 Å². The van der Waals surface area contributed by atoms with Crippen LogP contribution >= 0.6 is 12.6 Å². The van der Waals surface area contributed by atoms with E-state index in [2.05, 4.69) is 0 Å². The van der Waals surface area contributed by atoms with Crippen LogP contribution in [0.1, 0.15) is 25.0 Å². The van der Waals surface area contributed by atoms with E-state index >= 15 is 0 Å². The molecule has 3 rings (SSSR count). The van der Waals surface area contributed by atoms with Crippen LogP contribution < -0.4 is 9.47 Å².